The van der Waals surface area contributed by atoms with E-state index in [2.05, 4.69) is 34.6 Å². The summed E-state index contributed by atoms with van der Waals surface area (Å²) in [5, 5.41) is 9.90. The molecule has 4 atom stereocenters. The van der Waals surface area contributed by atoms with Gasteiger partial charge in [0, 0.05) is 32.2 Å². The predicted octanol–water partition coefficient (Wildman–Crippen LogP) is 5.93. The molecule has 42 heavy (non-hydrogen) atoms. The van der Waals surface area contributed by atoms with Crippen LogP contribution in [0.1, 0.15) is 78.7 Å². The van der Waals surface area contributed by atoms with E-state index < -0.39 is 33.9 Å². The van der Waals surface area contributed by atoms with Gasteiger partial charge in [-0.1, -0.05) is 34.6 Å². The third-order valence-corrected chi connectivity index (χ3v) is 10.8. The Morgan fingerprint density at radius 2 is 1.60 bits per heavy atom. The standard InChI is InChI=1S/C30H44F3N3O5S/c1-28(2,3)18-29(4,5)15-25(34(6)27(38)39)26(37)36(21-10-11-21)24-14-7-19-16-35(17-23(19)24)42(40,41)22-12-8-20(9-13-22)30(31,32)33/h8-9,12-13,19,21,23-25H,7,10-11,14-18H2,1-6H3,(H,38,39)/t19-,23+,24+,25+/m1/s1. The van der Waals surface area contributed by atoms with Crippen molar-refractivity contribution in [2.75, 3.05) is 20.1 Å². The minimum absolute atomic E-state index is 0.00255. The molecule has 8 nitrogen and oxygen atoms in total. The van der Waals surface area contributed by atoms with Gasteiger partial charge in [-0.3, -0.25) is 9.69 Å². The third-order valence-electron chi connectivity index (χ3n) is 8.97. The van der Waals surface area contributed by atoms with Crippen molar-refractivity contribution in [2.45, 2.75) is 102 Å². The van der Waals surface area contributed by atoms with Crippen molar-refractivity contribution >= 4 is 22.0 Å². The van der Waals surface area contributed by atoms with Crippen LogP contribution in [0.3, 0.4) is 0 Å². The van der Waals surface area contributed by atoms with E-state index in [9.17, 15) is 36.3 Å². The normalized spacial score (nSPS) is 24.4. The lowest BCUT2D eigenvalue weighted by atomic mass is 9.72. The summed E-state index contributed by atoms with van der Waals surface area (Å²) in [4.78, 5) is 29.2. The molecule has 4 rings (SSSR count). The van der Waals surface area contributed by atoms with Gasteiger partial charge in [-0.25, -0.2) is 13.2 Å². The highest BCUT2D eigenvalue weighted by atomic mass is 32.2. The van der Waals surface area contributed by atoms with Gasteiger partial charge in [0.05, 0.1) is 10.5 Å². The molecule has 12 heteroatoms. The van der Waals surface area contributed by atoms with Gasteiger partial charge in [-0.05, 0) is 85.5 Å². The maximum atomic E-state index is 14.3. The number of fused-ring (bicyclic) bond motifs is 1. The molecule has 0 unspecified atom stereocenters. The van der Waals surface area contributed by atoms with E-state index in [-0.39, 0.29) is 58.6 Å². The number of rotatable bonds is 9. The van der Waals surface area contributed by atoms with Crippen molar-refractivity contribution in [1.82, 2.24) is 14.1 Å². The molecule has 0 radical (unpaired) electrons. The van der Waals surface area contributed by atoms with Gasteiger partial charge in [-0.15, -0.1) is 0 Å². The summed E-state index contributed by atoms with van der Waals surface area (Å²) in [6.07, 6.45) is -1.50. The van der Waals surface area contributed by atoms with Gasteiger partial charge >= 0.3 is 12.3 Å². The zero-order valence-electron chi connectivity index (χ0n) is 25.3. The van der Waals surface area contributed by atoms with Gasteiger partial charge in [0.15, 0.2) is 0 Å². The molecule has 3 aliphatic rings. The van der Waals surface area contributed by atoms with Crippen LogP contribution in [0.4, 0.5) is 18.0 Å². The quantitative estimate of drug-likeness (QED) is 0.372. The molecule has 1 aliphatic heterocycles. The van der Waals surface area contributed by atoms with Crippen molar-refractivity contribution in [3.05, 3.63) is 29.8 Å². The van der Waals surface area contributed by atoms with Crippen LogP contribution in [0.2, 0.25) is 0 Å². The SMILES string of the molecule is CN(C(=O)O)[C@@H](CC(C)(C)CC(C)(C)C)C(=O)N(C1CC1)[C@H]1CC[C@@H]2CN(S(=O)(=O)c3ccc(C(F)(F)F)cc3)C[C@@H]21. The Morgan fingerprint density at radius 3 is 2.10 bits per heavy atom. The second-order valence-electron chi connectivity index (χ2n) is 14.4. The molecule has 1 heterocycles. The number of hydrogen-bond acceptors (Lipinski definition) is 4. The Labute approximate surface area is 247 Å². The first kappa shape index (κ1) is 32.6. The van der Waals surface area contributed by atoms with Gasteiger partial charge in [-0.2, -0.15) is 17.5 Å². The fourth-order valence-corrected chi connectivity index (χ4v) is 8.93. The molecule has 2 saturated carbocycles. The maximum absolute atomic E-state index is 14.3. The zero-order chi connectivity index (χ0) is 31.4. The van der Waals surface area contributed by atoms with Crippen molar-refractivity contribution in [3.63, 3.8) is 0 Å². The first-order valence-corrected chi connectivity index (χ1v) is 16.1. The van der Waals surface area contributed by atoms with E-state index in [4.69, 9.17) is 0 Å². The fraction of sp³-hybridized carbons (Fsp3) is 0.733. The minimum atomic E-state index is -4.56. The molecule has 2 aliphatic carbocycles. The number of hydrogen-bond donors (Lipinski definition) is 1. The Hall–Kier alpha value is -2.34. The summed E-state index contributed by atoms with van der Waals surface area (Å²) in [5.41, 5.74) is -1.24. The number of halogens is 3. The summed E-state index contributed by atoms with van der Waals surface area (Å²) in [6, 6.07) is 2.45. The fourth-order valence-electron chi connectivity index (χ4n) is 7.40. The molecular weight excluding hydrogens is 571 g/mol. The molecule has 236 valence electrons. The molecule has 2 amide bonds. The molecule has 0 spiro atoms. The van der Waals surface area contributed by atoms with Crippen LogP contribution < -0.4 is 0 Å². The number of nitrogens with zero attached hydrogens (tertiary/aromatic N) is 3. The van der Waals surface area contributed by atoms with E-state index in [1.54, 1.807) is 0 Å². The molecule has 1 aromatic carbocycles. The number of benzene rings is 1. The van der Waals surface area contributed by atoms with Crippen LogP contribution in [-0.2, 0) is 21.0 Å². The van der Waals surface area contributed by atoms with E-state index in [0.717, 1.165) is 54.8 Å². The average molecular weight is 616 g/mol. The summed E-state index contributed by atoms with van der Waals surface area (Å²) in [7, 11) is -2.58. The van der Waals surface area contributed by atoms with Crippen LogP contribution >= 0.6 is 0 Å². The first-order valence-electron chi connectivity index (χ1n) is 14.7. The number of carboxylic acid groups (broad SMARTS) is 1. The number of amides is 2. The Morgan fingerprint density at radius 1 is 1.00 bits per heavy atom. The van der Waals surface area contributed by atoms with E-state index in [1.807, 2.05) is 4.90 Å². The lowest BCUT2D eigenvalue weighted by molar-refractivity contribution is -0.141. The summed E-state index contributed by atoms with van der Waals surface area (Å²) >= 11 is 0. The molecule has 3 fully saturated rings. The molecule has 0 bridgehead atoms. The Bertz CT molecular complexity index is 1270. The summed E-state index contributed by atoms with van der Waals surface area (Å²) in [6.45, 7) is 10.9. The van der Waals surface area contributed by atoms with Crippen LogP contribution in [0.15, 0.2) is 29.2 Å². The number of carbonyl (C=O) groups is 2. The number of alkyl halides is 3. The van der Waals surface area contributed by atoms with E-state index >= 15 is 0 Å². The van der Waals surface area contributed by atoms with Gasteiger partial charge in [0.1, 0.15) is 6.04 Å². The van der Waals surface area contributed by atoms with Crippen molar-refractivity contribution < 1.29 is 36.3 Å². The minimum Gasteiger partial charge on any atom is -0.465 e. The third kappa shape index (κ3) is 7.06. The van der Waals surface area contributed by atoms with Gasteiger partial charge in [0.25, 0.3) is 0 Å². The highest BCUT2D eigenvalue weighted by molar-refractivity contribution is 7.89. The monoisotopic (exact) mass is 615 g/mol. The van der Waals surface area contributed by atoms with Crippen molar-refractivity contribution in [2.24, 2.45) is 22.7 Å². The lowest BCUT2D eigenvalue weighted by Gasteiger charge is -2.41. The second kappa shape index (κ2) is 11.3. The number of sulfonamides is 1. The molecule has 0 aromatic heterocycles. The van der Waals surface area contributed by atoms with Gasteiger partial charge in [0.2, 0.25) is 15.9 Å². The highest BCUT2D eigenvalue weighted by Gasteiger charge is 2.53. The first-order chi connectivity index (χ1) is 19.2. The van der Waals surface area contributed by atoms with Gasteiger partial charge < -0.3 is 10.0 Å². The average Bonchev–Trinajstić information content (AvgIpc) is 3.47. The molecular formula is C30H44F3N3O5S. The highest BCUT2D eigenvalue weighted by Crippen LogP contribution is 2.46. The van der Waals surface area contributed by atoms with Crippen LogP contribution in [0, 0.1) is 22.7 Å². The maximum Gasteiger partial charge on any atom is 0.416 e. The summed E-state index contributed by atoms with van der Waals surface area (Å²) < 4.78 is 67.2. The largest absolute Gasteiger partial charge is 0.465 e. The Balaban J connectivity index is 1.56. The summed E-state index contributed by atoms with van der Waals surface area (Å²) in [5.74, 6) is -0.336. The van der Waals surface area contributed by atoms with E-state index in [0.29, 0.717) is 12.8 Å². The second-order valence-corrected chi connectivity index (χ2v) is 16.3. The van der Waals surface area contributed by atoms with Crippen LogP contribution in [-0.4, -0.2) is 77.9 Å². The smallest absolute Gasteiger partial charge is 0.416 e. The molecule has 1 N–H and O–H groups in total. The number of likely N-dealkylation sites (N-methyl/N-ethyl adjacent to an activating group) is 1. The lowest BCUT2D eigenvalue weighted by Crippen LogP contribution is -2.55. The Kier molecular flexibility index (Phi) is 8.76. The molecule has 1 saturated heterocycles. The van der Waals surface area contributed by atoms with Crippen LogP contribution in [0.5, 0.6) is 0 Å². The van der Waals surface area contributed by atoms with Crippen molar-refractivity contribution in [3.8, 4) is 0 Å². The van der Waals surface area contributed by atoms with E-state index in [1.165, 1.54) is 11.4 Å². The van der Waals surface area contributed by atoms with Crippen LogP contribution in [0.25, 0.3) is 0 Å². The number of carbonyl (C=O) groups excluding carboxylic acids is 1. The predicted molar refractivity (Wildman–Crippen MR) is 152 cm³/mol. The molecule has 1 aromatic rings. The zero-order valence-corrected chi connectivity index (χ0v) is 26.1. The van der Waals surface area contributed by atoms with Crippen molar-refractivity contribution in [1.29, 1.82) is 0 Å². The topological polar surface area (TPSA) is 98.2 Å².